The average Bonchev–Trinajstić information content (AvgIpc) is 3.38. The first kappa shape index (κ1) is 20.1. The second kappa shape index (κ2) is 8.59. The summed E-state index contributed by atoms with van der Waals surface area (Å²) in [6, 6.07) is 8.29. The van der Waals surface area contributed by atoms with Gasteiger partial charge in [-0.05, 0) is 39.6 Å². The lowest BCUT2D eigenvalue weighted by Crippen LogP contribution is -2.30. The molecule has 0 saturated heterocycles. The minimum atomic E-state index is -3.49. The zero-order valence-corrected chi connectivity index (χ0v) is 17.1. The Bertz CT molecular complexity index is 1030. The van der Waals surface area contributed by atoms with Gasteiger partial charge in [-0.15, -0.1) is 16.4 Å². The Hall–Kier alpha value is -2.63. The lowest BCUT2D eigenvalue weighted by molar-refractivity contribution is 0.0955. The first-order chi connectivity index (χ1) is 13.5. The second-order valence-electron chi connectivity index (χ2n) is 5.81. The second-order valence-corrected chi connectivity index (χ2v) is 8.66. The number of nitrogens with zero attached hydrogens (tertiary/aromatic N) is 5. The van der Waals surface area contributed by atoms with Crippen LogP contribution in [0.5, 0.6) is 0 Å². The highest BCUT2D eigenvalue weighted by Gasteiger charge is 2.21. The van der Waals surface area contributed by atoms with Crippen molar-refractivity contribution in [1.82, 2.24) is 29.8 Å². The van der Waals surface area contributed by atoms with Crippen molar-refractivity contribution in [3.05, 3.63) is 52.5 Å². The molecule has 0 aliphatic carbocycles. The largest absolute Gasteiger partial charge is 0.347 e. The summed E-state index contributed by atoms with van der Waals surface area (Å²) in [7, 11) is -3.49. The number of carbonyl (C=O) groups is 1. The monoisotopic (exact) mass is 420 g/mol. The van der Waals surface area contributed by atoms with Gasteiger partial charge in [-0.25, -0.2) is 8.42 Å². The van der Waals surface area contributed by atoms with Gasteiger partial charge in [0.1, 0.15) is 11.2 Å². The van der Waals surface area contributed by atoms with E-state index in [0.717, 1.165) is 5.56 Å². The third kappa shape index (κ3) is 4.11. The van der Waals surface area contributed by atoms with Crippen molar-refractivity contribution in [2.75, 3.05) is 13.1 Å². The first-order valence-electron chi connectivity index (χ1n) is 8.65. The molecular formula is C17H20N6O3S2. The maximum Gasteiger partial charge on any atom is 0.263 e. The van der Waals surface area contributed by atoms with Crippen LogP contribution in [0.2, 0.25) is 0 Å². The summed E-state index contributed by atoms with van der Waals surface area (Å²) >= 11 is 1.29. The zero-order chi connectivity index (χ0) is 20.1. The molecule has 0 aliphatic rings. The molecule has 1 aromatic carbocycles. The molecular weight excluding hydrogens is 400 g/mol. The number of rotatable bonds is 8. The van der Waals surface area contributed by atoms with E-state index in [1.54, 1.807) is 49.6 Å². The van der Waals surface area contributed by atoms with Crippen LogP contribution in [0, 0.1) is 0 Å². The highest BCUT2D eigenvalue weighted by molar-refractivity contribution is 7.89. The van der Waals surface area contributed by atoms with E-state index in [1.807, 2.05) is 0 Å². The van der Waals surface area contributed by atoms with E-state index in [4.69, 9.17) is 0 Å². The molecule has 0 unspecified atom stereocenters. The van der Waals surface area contributed by atoms with Gasteiger partial charge in [-0.1, -0.05) is 26.0 Å². The van der Waals surface area contributed by atoms with Crippen molar-refractivity contribution in [2.45, 2.75) is 25.3 Å². The summed E-state index contributed by atoms with van der Waals surface area (Å²) in [5.74, 6) is -0.250. The van der Waals surface area contributed by atoms with Crippen molar-refractivity contribution < 1.29 is 13.2 Å². The van der Waals surface area contributed by atoms with Crippen LogP contribution >= 0.6 is 11.3 Å². The first-order valence-corrected chi connectivity index (χ1v) is 11.0. The van der Waals surface area contributed by atoms with E-state index in [2.05, 4.69) is 20.8 Å². The molecule has 0 saturated carbocycles. The summed E-state index contributed by atoms with van der Waals surface area (Å²) < 4.78 is 27.9. The Morgan fingerprint density at radius 3 is 2.50 bits per heavy atom. The predicted octanol–water partition coefficient (Wildman–Crippen LogP) is 1.68. The van der Waals surface area contributed by atoms with Crippen LogP contribution in [0.15, 0.2) is 46.9 Å². The molecule has 0 spiro atoms. The lowest BCUT2D eigenvalue weighted by Gasteiger charge is -2.18. The molecule has 2 aromatic heterocycles. The van der Waals surface area contributed by atoms with Gasteiger partial charge in [0.2, 0.25) is 10.0 Å². The maximum absolute atomic E-state index is 12.5. The highest BCUT2D eigenvalue weighted by Crippen LogP contribution is 2.20. The van der Waals surface area contributed by atoms with Crippen molar-refractivity contribution >= 4 is 27.3 Å². The predicted molar refractivity (Wildman–Crippen MR) is 105 cm³/mol. The van der Waals surface area contributed by atoms with Crippen LogP contribution < -0.4 is 5.32 Å². The molecule has 9 nitrogen and oxygen atoms in total. The molecule has 0 aliphatic heterocycles. The van der Waals surface area contributed by atoms with Gasteiger partial charge in [-0.3, -0.25) is 4.79 Å². The van der Waals surface area contributed by atoms with Gasteiger partial charge < -0.3 is 5.32 Å². The minimum absolute atomic E-state index is 0.241. The molecule has 0 radical (unpaired) electrons. The van der Waals surface area contributed by atoms with Crippen LogP contribution in [-0.2, 0) is 16.6 Å². The van der Waals surface area contributed by atoms with Gasteiger partial charge in [-0.2, -0.15) is 8.99 Å². The number of carbonyl (C=O) groups excluding carboxylic acids is 1. The molecule has 1 amide bonds. The number of thiophene rings is 1. The van der Waals surface area contributed by atoms with E-state index in [0.29, 0.717) is 23.7 Å². The zero-order valence-electron chi connectivity index (χ0n) is 15.4. The molecule has 0 bridgehead atoms. The maximum atomic E-state index is 12.5. The number of hydrogen-bond donors (Lipinski definition) is 1. The van der Waals surface area contributed by atoms with Crippen LogP contribution in [0.1, 0.15) is 29.1 Å². The van der Waals surface area contributed by atoms with Gasteiger partial charge in [0.05, 0.1) is 10.6 Å². The smallest absolute Gasteiger partial charge is 0.263 e. The van der Waals surface area contributed by atoms with Gasteiger partial charge in [0.15, 0.2) is 0 Å². The fourth-order valence-corrected chi connectivity index (χ4v) is 4.93. The molecule has 0 atom stereocenters. The molecule has 1 N–H and O–H groups in total. The Labute approximate surface area is 167 Å². The van der Waals surface area contributed by atoms with E-state index in [-0.39, 0.29) is 17.3 Å². The summed E-state index contributed by atoms with van der Waals surface area (Å²) in [4.78, 5) is 13.2. The number of hydrogen-bond acceptors (Lipinski definition) is 7. The Balaban J connectivity index is 1.68. The number of benzene rings is 1. The normalized spacial score (nSPS) is 11.7. The Morgan fingerprint density at radius 1 is 1.18 bits per heavy atom. The third-order valence-corrected chi connectivity index (χ3v) is 7.13. The number of sulfonamides is 1. The Morgan fingerprint density at radius 2 is 1.89 bits per heavy atom. The van der Waals surface area contributed by atoms with Crippen molar-refractivity contribution in [3.8, 4) is 5.69 Å². The molecule has 3 rings (SSSR count). The molecule has 11 heteroatoms. The van der Waals surface area contributed by atoms with Crippen LogP contribution in [0.3, 0.4) is 0 Å². The SMILES string of the molecule is CCN(CC)S(=O)(=O)c1ccc(CNC(=O)c2sccc2-n2cnnn2)cc1. The van der Waals surface area contributed by atoms with E-state index in [1.165, 1.54) is 26.7 Å². The molecule has 148 valence electrons. The van der Waals surface area contributed by atoms with Crippen LogP contribution in [0.4, 0.5) is 0 Å². The van der Waals surface area contributed by atoms with Crippen LogP contribution in [0.25, 0.3) is 5.69 Å². The standard InChI is InChI=1S/C17H20N6O3S2/c1-3-22(4-2)28(25,26)14-7-5-13(6-8-14)11-18-17(24)16-15(9-10-27-16)23-12-19-20-21-23/h5-10,12H,3-4,11H2,1-2H3,(H,18,24). The molecule has 3 aromatic rings. The molecule has 0 fully saturated rings. The van der Waals surface area contributed by atoms with Crippen molar-refractivity contribution in [3.63, 3.8) is 0 Å². The number of tetrazole rings is 1. The molecule has 28 heavy (non-hydrogen) atoms. The lowest BCUT2D eigenvalue weighted by atomic mass is 10.2. The van der Waals surface area contributed by atoms with Crippen LogP contribution in [-0.4, -0.2) is 51.9 Å². The van der Waals surface area contributed by atoms with Crippen molar-refractivity contribution in [1.29, 1.82) is 0 Å². The summed E-state index contributed by atoms with van der Waals surface area (Å²) in [5.41, 5.74) is 1.40. The summed E-state index contributed by atoms with van der Waals surface area (Å²) in [6.45, 7) is 4.72. The summed E-state index contributed by atoms with van der Waals surface area (Å²) in [5, 5.41) is 15.6. The Kier molecular flexibility index (Phi) is 6.17. The minimum Gasteiger partial charge on any atom is -0.347 e. The topological polar surface area (TPSA) is 110 Å². The fourth-order valence-electron chi connectivity index (χ4n) is 2.68. The van der Waals surface area contributed by atoms with Crippen molar-refractivity contribution in [2.24, 2.45) is 0 Å². The number of nitrogens with one attached hydrogen (secondary N) is 1. The quantitative estimate of drug-likeness (QED) is 0.594. The van der Waals surface area contributed by atoms with E-state index >= 15 is 0 Å². The van der Waals surface area contributed by atoms with Gasteiger partial charge >= 0.3 is 0 Å². The highest BCUT2D eigenvalue weighted by atomic mass is 32.2. The molecule has 2 heterocycles. The number of amides is 1. The van der Waals surface area contributed by atoms with Gasteiger partial charge in [0, 0.05) is 19.6 Å². The van der Waals surface area contributed by atoms with E-state index in [9.17, 15) is 13.2 Å². The number of aromatic nitrogens is 4. The average molecular weight is 421 g/mol. The third-order valence-electron chi connectivity index (χ3n) is 4.17. The van der Waals surface area contributed by atoms with E-state index < -0.39 is 10.0 Å². The fraction of sp³-hybridized carbons (Fsp3) is 0.294. The van der Waals surface area contributed by atoms with Gasteiger partial charge in [0.25, 0.3) is 5.91 Å². The summed E-state index contributed by atoms with van der Waals surface area (Å²) in [6.07, 6.45) is 1.42.